The highest BCUT2D eigenvalue weighted by atomic mass is 16.4. The van der Waals surface area contributed by atoms with Crippen molar-refractivity contribution >= 4 is 12.0 Å². The van der Waals surface area contributed by atoms with Gasteiger partial charge < -0.3 is 20.8 Å². The van der Waals surface area contributed by atoms with Crippen LogP contribution in [0.3, 0.4) is 0 Å². The Morgan fingerprint density at radius 2 is 1.71 bits per heavy atom. The van der Waals surface area contributed by atoms with E-state index in [4.69, 9.17) is 10.2 Å². The van der Waals surface area contributed by atoms with E-state index in [1.54, 1.807) is 0 Å². The van der Waals surface area contributed by atoms with E-state index in [-0.39, 0.29) is 18.6 Å². The molecule has 0 aromatic heterocycles. The molecule has 0 aromatic carbocycles. The number of hydrogen-bond acceptors (Lipinski definition) is 3. The smallest absolute Gasteiger partial charge is 0.334 e. The molecule has 0 saturated heterocycles. The number of urea groups is 1. The lowest BCUT2D eigenvalue weighted by Gasteiger charge is -2.18. The van der Waals surface area contributed by atoms with Gasteiger partial charge in [-0.3, -0.25) is 0 Å². The van der Waals surface area contributed by atoms with E-state index in [1.165, 1.54) is 25.7 Å². The van der Waals surface area contributed by atoms with Crippen molar-refractivity contribution in [3.8, 4) is 0 Å². The number of aliphatic hydroxyl groups is 1. The largest absolute Gasteiger partial charge is 0.479 e. The molecule has 0 aliphatic heterocycles. The number of amides is 2. The molecule has 2 amide bonds. The van der Waals surface area contributed by atoms with Gasteiger partial charge >= 0.3 is 12.0 Å². The molecule has 0 radical (unpaired) electrons. The van der Waals surface area contributed by atoms with E-state index in [2.05, 4.69) is 10.6 Å². The fraction of sp³-hybridized carbons (Fsp3) is 0.818. The molecule has 2 aliphatic rings. The molecule has 6 heteroatoms. The standard InChI is InChI=1S/C11H18N2O4/c14-8(10(15)16)5-12-11(17)13-9(6-1-2-6)7-3-4-7/h6-9,14H,1-5H2,(H,15,16)(H2,12,13,17). The monoisotopic (exact) mass is 242 g/mol. The van der Waals surface area contributed by atoms with Crippen LogP contribution in [0.4, 0.5) is 4.79 Å². The van der Waals surface area contributed by atoms with Gasteiger partial charge in [0.15, 0.2) is 6.10 Å². The summed E-state index contributed by atoms with van der Waals surface area (Å²) in [5.41, 5.74) is 0. The van der Waals surface area contributed by atoms with Gasteiger partial charge in [0.1, 0.15) is 0 Å². The van der Waals surface area contributed by atoms with Crippen LogP contribution in [-0.2, 0) is 4.79 Å². The van der Waals surface area contributed by atoms with E-state index < -0.39 is 12.1 Å². The van der Waals surface area contributed by atoms with Gasteiger partial charge in [0.2, 0.25) is 0 Å². The van der Waals surface area contributed by atoms with Gasteiger partial charge in [0.05, 0.1) is 6.54 Å². The maximum atomic E-state index is 11.5. The summed E-state index contributed by atoms with van der Waals surface area (Å²) in [5.74, 6) is -0.137. The molecule has 2 aliphatic carbocycles. The first-order chi connectivity index (χ1) is 8.08. The number of carbonyl (C=O) groups is 2. The van der Waals surface area contributed by atoms with Crippen LogP contribution in [0.15, 0.2) is 0 Å². The van der Waals surface area contributed by atoms with Gasteiger partial charge in [-0.25, -0.2) is 9.59 Å². The highest BCUT2D eigenvalue weighted by Crippen LogP contribution is 2.44. The van der Waals surface area contributed by atoms with Crippen LogP contribution in [0.1, 0.15) is 25.7 Å². The molecule has 1 unspecified atom stereocenters. The molecule has 6 nitrogen and oxygen atoms in total. The van der Waals surface area contributed by atoms with Crippen LogP contribution >= 0.6 is 0 Å². The minimum Gasteiger partial charge on any atom is -0.479 e. The summed E-state index contributed by atoms with van der Waals surface area (Å²) < 4.78 is 0. The van der Waals surface area contributed by atoms with Crippen molar-refractivity contribution in [1.82, 2.24) is 10.6 Å². The zero-order valence-corrected chi connectivity index (χ0v) is 9.56. The quantitative estimate of drug-likeness (QED) is 0.523. The number of carbonyl (C=O) groups excluding carboxylic acids is 1. The average Bonchev–Trinajstić information content (AvgIpc) is 3.15. The van der Waals surface area contributed by atoms with Gasteiger partial charge in [-0.1, -0.05) is 0 Å². The minimum atomic E-state index is -1.54. The number of aliphatic hydroxyl groups excluding tert-OH is 1. The third-order valence-electron chi connectivity index (χ3n) is 3.30. The zero-order valence-electron chi connectivity index (χ0n) is 9.56. The molecular weight excluding hydrogens is 224 g/mol. The van der Waals surface area contributed by atoms with Crippen molar-refractivity contribution in [2.75, 3.05) is 6.54 Å². The average molecular weight is 242 g/mol. The second-order valence-electron chi connectivity index (χ2n) is 4.91. The van der Waals surface area contributed by atoms with Crippen molar-refractivity contribution in [2.24, 2.45) is 11.8 Å². The molecule has 4 N–H and O–H groups in total. The lowest BCUT2D eigenvalue weighted by atomic mass is 10.1. The molecule has 0 bridgehead atoms. The Balaban J connectivity index is 1.70. The lowest BCUT2D eigenvalue weighted by Crippen LogP contribution is -2.47. The van der Waals surface area contributed by atoms with Crippen LogP contribution in [0, 0.1) is 11.8 Å². The summed E-state index contributed by atoms with van der Waals surface area (Å²) in [6.45, 7) is -0.261. The minimum absolute atomic E-state index is 0.233. The number of hydrogen-bond donors (Lipinski definition) is 4. The van der Waals surface area contributed by atoms with E-state index in [9.17, 15) is 9.59 Å². The SMILES string of the molecule is O=C(NCC(O)C(=O)O)NC(C1CC1)C1CC1. The molecule has 0 aromatic rings. The fourth-order valence-electron chi connectivity index (χ4n) is 2.01. The Kier molecular flexibility index (Phi) is 3.51. The summed E-state index contributed by atoms with van der Waals surface area (Å²) in [7, 11) is 0. The molecular formula is C11H18N2O4. The third kappa shape index (κ3) is 3.59. The molecule has 2 rings (SSSR count). The third-order valence-corrected chi connectivity index (χ3v) is 3.30. The first-order valence-corrected chi connectivity index (χ1v) is 6.03. The van der Waals surface area contributed by atoms with Crippen LogP contribution in [0.2, 0.25) is 0 Å². The first kappa shape index (κ1) is 12.2. The summed E-state index contributed by atoms with van der Waals surface area (Å²) in [6, 6.07) is -0.147. The molecule has 17 heavy (non-hydrogen) atoms. The first-order valence-electron chi connectivity index (χ1n) is 6.03. The Hall–Kier alpha value is -1.30. The summed E-state index contributed by atoms with van der Waals surface area (Å²) in [4.78, 5) is 21.9. The molecule has 2 saturated carbocycles. The van der Waals surface area contributed by atoms with E-state index in [1.807, 2.05) is 0 Å². The van der Waals surface area contributed by atoms with Gasteiger partial charge in [0.25, 0.3) is 0 Å². The number of aliphatic carboxylic acids is 1. The normalized spacial score (nSPS) is 21.1. The van der Waals surface area contributed by atoms with Crippen molar-refractivity contribution in [2.45, 2.75) is 37.8 Å². The predicted molar refractivity (Wildman–Crippen MR) is 59.4 cm³/mol. The highest BCUT2D eigenvalue weighted by molar-refractivity contribution is 5.77. The summed E-state index contributed by atoms with van der Waals surface area (Å²) in [6.07, 6.45) is 3.12. The van der Waals surface area contributed by atoms with Gasteiger partial charge in [-0.15, -0.1) is 0 Å². The Labute approximate surface area is 99.4 Å². The van der Waals surface area contributed by atoms with Gasteiger partial charge in [-0.05, 0) is 37.5 Å². The van der Waals surface area contributed by atoms with E-state index in [0.717, 1.165) is 0 Å². The Morgan fingerprint density at radius 3 is 2.12 bits per heavy atom. The van der Waals surface area contributed by atoms with Crippen LogP contribution in [0.5, 0.6) is 0 Å². The topological polar surface area (TPSA) is 98.7 Å². The molecule has 0 heterocycles. The molecule has 96 valence electrons. The number of rotatable bonds is 6. The molecule has 2 fully saturated rings. The van der Waals surface area contributed by atoms with Gasteiger partial charge in [-0.2, -0.15) is 0 Å². The van der Waals surface area contributed by atoms with E-state index >= 15 is 0 Å². The zero-order chi connectivity index (χ0) is 12.4. The second kappa shape index (κ2) is 4.91. The van der Waals surface area contributed by atoms with Gasteiger partial charge in [0, 0.05) is 6.04 Å². The van der Waals surface area contributed by atoms with Crippen LogP contribution in [0.25, 0.3) is 0 Å². The number of nitrogens with one attached hydrogen (secondary N) is 2. The van der Waals surface area contributed by atoms with Crippen LogP contribution < -0.4 is 10.6 Å². The maximum Gasteiger partial charge on any atom is 0.334 e. The van der Waals surface area contributed by atoms with E-state index in [0.29, 0.717) is 11.8 Å². The fourth-order valence-corrected chi connectivity index (χ4v) is 2.01. The predicted octanol–water partition coefficient (Wildman–Crippen LogP) is -0.0803. The van der Waals surface area contributed by atoms with Crippen LogP contribution in [-0.4, -0.2) is 40.9 Å². The summed E-state index contributed by atoms with van der Waals surface area (Å²) in [5, 5.41) is 22.7. The second-order valence-corrected chi connectivity index (χ2v) is 4.91. The van der Waals surface area contributed by atoms with Crippen molar-refractivity contribution in [3.63, 3.8) is 0 Å². The lowest BCUT2D eigenvalue weighted by molar-refractivity contribution is -0.146. The summed E-state index contributed by atoms with van der Waals surface area (Å²) >= 11 is 0. The molecule has 0 spiro atoms. The van der Waals surface area contributed by atoms with Crippen molar-refractivity contribution in [3.05, 3.63) is 0 Å². The molecule has 1 atom stereocenters. The van der Waals surface area contributed by atoms with Crippen molar-refractivity contribution < 1.29 is 19.8 Å². The van der Waals surface area contributed by atoms with Crippen molar-refractivity contribution in [1.29, 1.82) is 0 Å². The highest BCUT2D eigenvalue weighted by Gasteiger charge is 2.42. The maximum absolute atomic E-state index is 11.5. The Morgan fingerprint density at radius 1 is 1.18 bits per heavy atom. The number of carboxylic acid groups (broad SMARTS) is 1. The number of carboxylic acids is 1. The Bertz CT molecular complexity index is 301.